The van der Waals surface area contributed by atoms with Crippen LogP contribution >= 0.6 is 11.3 Å². The molecule has 3 aromatic rings. The Morgan fingerprint density at radius 2 is 1.97 bits per heavy atom. The monoisotopic (exact) mass is 411 g/mol. The van der Waals surface area contributed by atoms with Crippen molar-refractivity contribution in [3.05, 3.63) is 55.4 Å². The molecule has 1 atom stereocenters. The number of carbonyl (C=O) groups is 1. The van der Waals surface area contributed by atoms with Crippen LogP contribution in [0.2, 0.25) is 0 Å². The number of anilines is 1. The van der Waals surface area contributed by atoms with E-state index in [4.69, 9.17) is 0 Å². The number of aryl methyl sites for hydroxylation is 5. The fourth-order valence-electron chi connectivity index (χ4n) is 4.31. The van der Waals surface area contributed by atoms with Crippen LogP contribution in [0.5, 0.6) is 0 Å². The zero-order chi connectivity index (χ0) is 20.7. The Kier molecular flexibility index (Phi) is 5.27. The average molecular weight is 412 g/mol. The van der Waals surface area contributed by atoms with E-state index in [1.54, 1.807) is 11.3 Å². The van der Waals surface area contributed by atoms with E-state index < -0.39 is 0 Å². The Morgan fingerprint density at radius 3 is 2.69 bits per heavy atom. The number of fused-ring (bicyclic) bond motifs is 3. The topological polar surface area (TPSA) is 79.3 Å². The minimum Gasteiger partial charge on any atom is -0.323 e. The molecule has 0 aliphatic heterocycles. The Labute approximate surface area is 174 Å². The number of carbonyl (C=O) groups excluding carboxylic acids is 1. The average Bonchev–Trinajstić information content (AvgIpc) is 3.18. The Bertz CT molecular complexity index is 1140. The summed E-state index contributed by atoms with van der Waals surface area (Å²) in [4.78, 5) is 35.9. The third-order valence-electron chi connectivity index (χ3n) is 5.50. The van der Waals surface area contributed by atoms with Crippen molar-refractivity contribution in [1.29, 1.82) is 0 Å². The minimum atomic E-state index is -0.0486. The van der Waals surface area contributed by atoms with E-state index in [2.05, 4.69) is 34.3 Å². The van der Waals surface area contributed by atoms with Gasteiger partial charge in [-0.3, -0.25) is 9.59 Å². The summed E-state index contributed by atoms with van der Waals surface area (Å²) in [5.41, 5.74) is 5.34. The Balaban J connectivity index is 1.45. The molecule has 152 valence electrons. The third-order valence-corrected chi connectivity index (χ3v) is 6.68. The van der Waals surface area contributed by atoms with Crippen molar-refractivity contribution >= 4 is 33.1 Å². The number of hydrogen-bond acceptors (Lipinski definition) is 4. The first kappa shape index (κ1) is 19.8. The molecule has 29 heavy (non-hydrogen) atoms. The first-order valence-corrected chi connectivity index (χ1v) is 10.9. The number of quaternary nitrogens is 1. The molecule has 0 radical (unpaired) electrons. The molecule has 1 aromatic carbocycles. The van der Waals surface area contributed by atoms with Crippen LogP contribution in [0.1, 0.15) is 39.4 Å². The van der Waals surface area contributed by atoms with Gasteiger partial charge < -0.3 is 15.2 Å². The van der Waals surface area contributed by atoms with Gasteiger partial charge in [0.25, 0.3) is 11.5 Å². The van der Waals surface area contributed by atoms with Crippen molar-refractivity contribution in [2.24, 2.45) is 0 Å². The molecule has 1 aliphatic carbocycles. The molecule has 2 aromatic heterocycles. The van der Waals surface area contributed by atoms with Gasteiger partial charge in [0, 0.05) is 10.6 Å². The summed E-state index contributed by atoms with van der Waals surface area (Å²) >= 11 is 1.64. The van der Waals surface area contributed by atoms with Crippen LogP contribution in [0.25, 0.3) is 10.2 Å². The van der Waals surface area contributed by atoms with Gasteiger partial charge in [-0.25, -0.2) is 4.98 Å². The number of nitrogens with zero attached hydrogens (tertiary/aromatic N) is 1. The van der Waals surface area contributed by atoms with Crippen LogP contribution in [-0.4, -0.2) is 29.5 Å². The van der Waals surface area contributed by atoms with Gasteiger partial charge in [-0.2, -0.15) is 0 Å². The van der Waals surface area contributed by atoms with Crippen LogP contribution in [0.15, 0.2) is 16.9 Å². The number of rotatable bonds is 5. The molecule has 0 saturated heterocycles. The van der Waals surface area contributed by atoms with E-state index in [0.717, 1.165) is 51.2 Å². The molecule has 4 rings (SSSR count). The van der Waals surface area contributed by atoms with E-state index in [1.807, 2.05) is 20.9 Å². The van der Waals surface area contributed by atoms with Crippen LogP contribution in [0.4, 0.5) is 5.69 Å². The number of thiophene rings is 1. The van der Waals surface area contributed by atoms with Gasteiger partial charge >= 0.3 is 0 Å². The van der Waals surface area contributed by atoms with E-state index in [-0.39, 0.29) is 11.5 Å². The maximum absolute atomic E-state index is 12.6. The van der Waals surface area contributed by atoms with Crippen molar-refractivity contribution in [3.8, 4) is 0 Å². The number of nitrogens with one attached hydrogen (secondary N) is 3. The molecule has 0 spiro atoms. The highest BCUT2D eigenvalue weighted by Crippen LogP contribution is 2.34. The number of benzene rings is 1. The lowest BCUT2D eigenvalue weighted by Crippen LogP contribution is -3.08. The summed E-state index contributed by atoms with van der Waals surface area (Å²) in [6.07, 6.45) is 3.15. The van der Waals surface area contributed by atoms with Gasteiger partial charge in [-0.15, -0.1) is 11.3 Å². The van der Waals surface area contributed by atoms with Crippen LogP contribution in [-0.2, 0) is 24.2 Å². The number of aromatic amines is 1. The zero-order valence-electron chi connectivity index (χ0n) is 17.4. The molecule has 6 nitrogen and oxygen atoms in total. The lowest BCUT2D eigenvalue weighted by Gasteiger charge is -2.16. The second kappa shape index (κ2) is 7.72. The molecule has 7 heteroatoms. The smallest absolute Gasteiger partial charge is 0.279 e. The van der Waals surface area contributed by atoms with Gasteiger partial charge in [0.1, 0.15) is 11.4 Å². The molecule has 0 bridgehead atoms. The summed E-state index contributed by atoms with van der Waals surface area (Å²) in [5, 5.41) is 3.81. The molecule has 0 saturated carbocycles. The van der Waals surface area contributed by atoms with Gasteiger partial charge in [0.05, 0.1) is 12.4 Å². The number of aromatic nitrogens is 2. The zero-order valence-corrected chi connectivity index (χ0v) is 18.2. The first-order valence-electron chi connectivity index (χ1n) is 10.0. The van der Waals surface area contributed by atoms with Crippen molar-refractivity contribution in [1.82, 2.24) is 9.97 Å². The van der Waals surface area contributed by atoms with Gasteiger partial charge in [-0.1, -0.05) is 17.7 Å². The molecule has 1 amide bonds. The predicted octanol–water partition coefficient (Wildman–Crippen LogP) is 2.05. The summed E-state index contributed by atoms with van der Waals surface area (Å²) in [6, 6.07) is 4.14. The second-order valence-corrected chi connectivity index (χ2v) is 9.27. The third kappa shape index (κ3) is 3.97. The van der Waals surface area contributed by atoms with E-state index in [1.165, 1.54) is 16.0 Å². The number of hydrogen-bond donors (Lipinski definition) is 3. The summed E-state index contributed by atoms with van der Waals surface area (Å²) in [6.45, 7) is 6.86. The van der Waals surface area contributed by atoms with Gasteiger partial charge in [0.2, 0.25) is 0 Å². The minimum absolute atomic E-state index is 0.0453. The highest BCUT2D eigenvalue weighted by molar-refractivity contribution is 7.18. The Morgan fingerprint density at radius 1 is 1.24 bits per heavy atom. The molecule has 1 unspecified atom stereocenters. The number of likely N-dealkylation sites (N-methyl/N-ethyl adjacent to an activating group) is 1. The summed E-state index contributed by atoms with van der Waals surface area (Å²) in [7, 11) is 1.94. The van der Waals surface area contributed by atoms with E-state index >= 15 is 0 Å². The van der Waals surface area contributed by atoms with Crippen LogP contribution in [0, 0.1) is 20.8 Å². The quantitative estimate of drug-likeness (QED) is 0.601. The van der Waals surface area contributed by atoms with Crippen LogP contribution < -0.4 is 15.8 Å². The summed E-state index contributed by atoms with van der Waals surface area (Å²) < 4.78 is 0. The van der Waals surface area contributed by atoms with E-state index in [9.17, 15) is 9.59 Å². The highest BCUT2D eigenvalue weighted by atomic mass is 32.1. The lowest BCUT2D eigenvalue weighted by atomic mass is 10.1. The Hall–Kier alpha value is -2.51. The molecule has 2 heterocycles. The van der Waals surface area contributed by atoms with E-state index in [0.29, 0.717) is 18.9 Å². The maximum Gasteiger partial charge on any atom is 0.279 e. The predicted molar refractivity (Wildman–Crippen MR) is 117 cm³/mol. The first-order chi connectivity index (χ1) is 13.8. The number of H-pyrrole nitrogens is 1. The fraction of sp³-hybridized carbons (Fsp3) is 0.409. The maximum atomic E-state index is 12.6. The number of amides is 1. The van der Waals surface area contributed by atoms with Crippen molar-refractivity contribution in [3.63, 3.8) is 0 Å². The standard InChI is InChI=1S/C22H26N4O2S/c1-12-8-13(2)20(14(3)9-12)25-18(27)11-26(4)10-17-23-21(28)19-15-6-5-7-16(15)29-22(19)24-17/h8-9H,5-7,10-11H2,1-4H3,(H,25,27)(H,23,24,28)/p+1. The highest BCUT2D eigenvalue weighted by Gasteiger charge is 2.22. The van der Waals surface area contributed by atoms with Crippen LogP contribution in [0.3, 0.4) is 0 Å². The normalized spacial score (nSPS) is 14.2. The molecular weight excluding hydrogens is 384 g/mol. The lowest BCUT2D eigenvalue weighted by molar-refractivity contribution is -0.885. The molecule has 0 fully saturated rings. The molecule has 1 aliphatic rings. The molecule has 3 N–H and O–H groups in total. The second-order valence-electron chi connectivity index (χ2n) is 8.18. The fourth-order valence-corrected chi connectivity index (χ4v) is 5.59. The SMILES string of the molecule is Cc1cc(C)c(NC(=O)C[NH+](C)Cc2nc3sc4c(c3c(=O)[nH]2)CCC4)c(C)c1. The van der Waals surface area contributed by atoms with Crippen molar-refractivity contribution in [2.75, 3.05) is 18.9 Å². The largest absolute Gasteiger partial charge is 0.323 e. The van der Waals surface area contributed by atoms with Gasteiger partial charge in [0.15, 0.2) is 12.4 Å². The van der Waals surface area contributed by atoms with Crippen molar-refractivity contribution in [2.45, 2.75) is 46.6 Å². The van der Waals surface area contributed by atoms with Gasteiger partial charge in [-0.05, 0) is 56.7 Å². The molecular formula is C22H27N4O2S+. The summed E-state index contributed by atoms with van der Waals surface area (Å²) in [5.74, 6) is 0.589. The van der Waals surface area contributed by atoms with Crippen molar-refractivity contribution < 1.29 is 9.69 Å².